The first-order valence-corrected chi connectivity index (χ1v) is 9.67. The van der Waals surface area contributed by atoms with Gasteiger partial charge in [-0.25, -0.2) is 9.59 Å². The predicted molar refractivity (Wildman–Crippen MR) is 109 cm³/mol. The van der Waals surface area contributed by atoms with Gasteiger partial charge >= 0.3 is 11.9 Å². The molecule has 4 heteroatoms. The molecule has 0 amide bonds. The number of rotatable bonds is 6. The van der Waals surface area contributed by atoms with Gasteiger partial charge in [-0.2, -0.15) is 0 Å². The summed E-state index contributed by atoms with van der Waals surface area (Å²) < 4.78 is 10.9. The highest BCUT2D eigenvalue weighted by atomic mass is 16.6. The first-order chi connectivity index (χ1) is 13.4. The Morgan fingerprint density at radius 1 is 0.679 bits per heavy atom. The Kier molecular flexibility index (Phi) is 5.98. The highest BCUT2D eigenvalue weighted by molar-refractivity contribution is 6.24. The number of carbonyl (C=O) groups excluding carboxylic acids is 2. The Balaban J connectivity index is 2.16. The number of hydrogen-bond donors (Lipinski definition) is 0. The van der Waals surface area contributed by atoms with E-state index in [2.05, 4.69) is 0 Å². The SMILES string of the molecule is CC(C)COC(=O)C(C(=O)OCC(C)C)=C1c2ccccc2-c2ccccc21. The fraction of sp³-hybridized carbons (Fsp3) is 0.333. The van der Waals surface area contributed by atoms with Crippen molar-refractivity contribution in [2.75, 3.05) is 13.2 Å². The Labute approximate surface area is 166 Å². The zero-order valence-corrected chi connectivity index (χ0v) is 16.8. The summed E-state index contributed by atoms with van der Waals surface area (Å²) in [7, 11) is 0. The van der Waals surface area contributed by atoms with E-state index in [9.17, 15) is 9.59 Å². The molecule has 0 aliphatic heterocycles. The van der Waals surface area contributed by atoms with Crippen molar-refractivity contribution < 1.29 is 19.1 Å². The summed E-state index contributed by atoms with van der Waals surface area (Å²) in [5.74, 6) is -0.928. The maximum atomic E-state index is 13.0. The third-order valence-electron chi connectivity index (χ3n) is 4.44. The molecule has 0 atom stereocenters. The molecule has 0 radical (unpaired) electrons. The second kappa shape index (κ2) is 8.42. The maximum absolute atomic E-state index is 13.0. The van der Waals surface area contributed by atoms with Crippen LogP contribution in [0.4, 0.5) is 0 Å². The molecule has 0 unspecified atom stereocenters. The van der Waals surface area contributed by atoms with E-state index in [1.165, 1.54) is 0 Å². The highest BCUT2D eigenvalue weighted by Gasteiger charge is 2.33. The summed E-state index contributed by atoms with van der Waals surface area (Å²) in [5, 5.41) is 0. The average molecular weight is 378 g/mol. The van der Waals surface area contributed by atoms with Crippen LogP contribution in [0, 0.1) is 11.8 Å². The van der Waals surface area contributed by atoms with Gasteiger partial charge in [0, 0.05) is 5.57 Å². The van der Waals surface area contributed by atoms with Crippen LogP contribution in [0.15, 0.2) is 54.1 Å². The van der Waals surface area contributed by atoms with E-state index < -0.39 is 11.9 Å². The average Bonchev–Trinajstić information content (AvgIpc) is 3.00. The summed E-state index contributed by atoms with van der Waals surface area (Å²) in [6, 6.07) is 15.6. The number of hydrogen-bond acceptors (Lipinski definition) is 4. The summed E-state index contributed by atoms with van der Waals surface area (Å²) in [5.41, 5.74) is 4.26. The van der Waals surface area contributed by atoms with Gasteiger partial charge in [-0.05, 0) is 34.1 Å². The Morgan fingerprint density at radius 3 is 1.39 bits per heavy atom. The molecular formula is C24H26O4. The lowest BCUT2D eigenvalue weighted by molar-refractivity contribution is -0.148. The summed E-state index contributed by atoms with van der Waals surface area (Å²) in [6.45, 7) is 8.32. The van der Waals surface area contributed by atoms with Crippen LogP contribution in [0.25, 0.3) is 16.7 Å². The predicted octanol–water partition coefficient (Wildman–Crippen LogP) is 4.87. The zero-order chi connectivity index (χ0) is 20.3. The topological polar surface area (TPSA) is 52.6 Å². The van der Waals surface area contributed by atoms with Crippen molar-refractivity contribution in [2.24, 2.45) is 11.8 Å². The van der Waals surface area contributed by atoms with Crippen molar-refractivity contribution in [1.82, 2.24) is 0 Å². The molecule has 0 N–H and O–H groups in total. The minimum atomic E-state index is -0.635. The van der Waals surface area contributed by atoms with Crippen LogP contribution in [0.1, 0.15) is 38.8 Å². The summed E-state index contributed by atoms with van der Waals surface area (Å²) in [4.78, 5) is 25.9. The zero-order valence-electron chi connectivity index (χ0n) is 16.8. The lowest BCUT2D eigenvalue weighted by atomic mass is 9.98. The van der Waals surface area contributed by atoms with Gasteiger partial charge in [-0.1, -0.05) is 76.2 Å². The Bertz CT molecular complexity index is 848. The van der Waals surface area contributed by atoms with Crippen molar-refractivity contribution in [3.8, 4) is 11.1 Å². The van der Waals surface area contributed by atoms with Crippen molar-refractivity contribution in [3.63, 3.8) is 0 Å². The number of ether oxygens (including phenoxy) is 2. The van der Waals surface area contributed by atoms with Crippen LogP contribution in [-0.2, 0) is 19.1 Å². The van der Waals surface area contributed by atoms with Gasteiger partial charge in [0.2, 0.25) is 0 Å². The van der Waals surface area contributed by atoms with E-state index >= 15 is 0 Å². The second-order valence-corrected chi connectivity index (χ2v) is 7.83. The van der Waals surface area contributed by atoms with E-state index in [0.717, 1.165) is 22.3 Å². The van der Waals surface area contributed by atoms with Crippen molar-refractivity contribution in [3.05, 3.63) is 65.2 Å². The van der Waals surface area contributed by atoms with Crippen LogP contribution in [0.2, 0.25) is 0 Å². The molecule has 0 saturated carbocycles. The maximum Gasteiger partial charge on any atom is 0.346 e. The Morgan fingerprint density at radius 2 is 1.04 bits per heavy atom. The molecule has 0 aromatic heterocycles. The van der Waals surface area contributed by atoms with Crippen LogP contribution in [0.3, 0.4) is 0 Å². The van der Waals surface area contributed by atoms with E-state index in [-0.39, 0.29) is 30.6 Å². The third-order valence-corrected chi connectivity index (χ3v) is 4.44. The molecule has 0 saturated heterocycles. The Hall–Kier alpha value is -2.88. The van der Waals surface area contributed by atoms with Crippen LogP contribution < -0.4 is 0 Å². The molecule has 0 fully saturated rings. The lowest BCUT2D eigenvalue weighted by Crippen LogP contribution is -2.23. The molecule has 3 rings (SSSR count). The molecule has 2 aromatic carbocycles. The number of carbonyl (C=O) groups is 2. The fourth-order valence-corrected chi connectivity index (χ4v) is 3.20. The molecule has 146 valence electrons. The van der Waals surface area contributed by atoms with Crippen LogP contribution >= 0.6 is 0 Å². The van der Waals surface area contributed by atoms with E-state index in [1.54, 1.807) is 0 Å². The number of benzene rings is 2. The van der Waals surface area contributed by atoms with Gasteiger partial charge in [-0.15, -0.1) is 0 Å². The monoisotopic (exact) mass is 378 g/mol. The first kappa shape index (κ1) is 19.9. The van der Waals surface area contributed by atoms with E-state index in [0.29, 0.717) is 5.57 Å². The molecule has 28 heavy (non-hydrogen) atoms. The molecule has 1 aliphatic carbocycles. The fourth-order valence-electron chi connectivity index (χ4n) is 3.20. The van der Waals surface area contributed by atoms with E-state index in [1.807, 2.05) is 76.2 Å². The molecule has 1 aliphatic rings. The molecule has 0 bridgehead atoms. The lowest BCUT2D eigenvalue weighted by Gasteiger charge is -2.14. The van der Waals surface area contributed by atoms with Gasteiger partial charge in [0.15, 0.2) is 5.57 Å². The largest absolute Gasteiger partial charge is 0.462 e. The van der Waals surface area contributed by atoms with E-state index in [4.69, 9.17) is 9.47 Å². The highest BCUT2D eigenvalue weighted by Crippen LogP contribution is 2.45. The quantitative estimate of drug-likeness (QED) is 0.266. The molecule has 2 aromatic rings. The van der Waals surface area contributed by atoms with Crippen molar-refractivity contribution in [1.29, 1.82) is 0 Å². The van der Waals surface area contributed by atoms with Gasteiger partial charge in [0.25, 0.3) is 0 Å². The van der Waals surface area contributed by atoms with Crippen LogP contribution in [-0.4, -0.2) is 25.2 Å². The summed E-state index contributed by atoms with van der Waals surface area (Å²) >= 11 is 0. The molecular weight excluding hydrogens is 352 g/mol. The third kappa shape index (κ3) is 4.01. The van der Waals surface area contributed by atoms with Gasteiger partial charge in [-0.3, -0.25) is 0 Å². The van der Waals surface area contributed by atoms with Gasteiger partial charge < -0.3 is 9.47 Å². The van der Waals surface area contributed by atoms with Crippen molar-refractivity contribution in [2.45, 2.75) is 27.7 Å². The van der Waals surface area contributed by atoms with Gasteiger partial charge in [0.05, 0.1) is 13.2 Å². The van der Waals surface area contributed by atoms with Gasteiger partial charge in [0.1, 0.15) is 0 Å². The van der Waals surface area contributed by atoms with Crippen molar-refractivity contribution >= 4 is 17.5 Å². The number of fused-ring (bicyclic) bond motifs is 3. The minimum Gasteiger partial charge on any atom is -0.462 e. The van der Waals surface area contributed by atoms with Crippen LogP contribution in [0.5, 0.6) is 0 Å². The molecule has 0 heterocycles. The molecule has 0 spiro atoms. The molecule has 4 nitrogen and oxygen atoms in total. The normalized spacial score (nSPS) is 12.0. The smallest absolute Gasteiger partial charge is 0.346 e. The standard InChI is InChI=1S/C24H26O4/c1-15(2)13-27-23(25)22(24(26)28-14-16(3)4)21-19-11-7-5-9-17(19)18-10-6-8-12-20(18)21/h5-12,15-16H,13-14H2,1-4H3. The second-order valence-electron chi connectivity index (χ2n) is 7.83. The summed E-state index contributed by atoms with van der Waals surface area (Å²) in [6.07, 6.45) is 0. The first-order valence-electron chi connectivity index (χ1n) is 9.67. The number of esters is 2. The minimum absolute atomic E-state index is 0.0290.